The topological polar surface area (TPSA) is 43.4 Å². The van der Waals surface area contributed by atoms with Gasteiger partial charge in [-0.1, -0.05) is 22.0 Å². The molecule has 0 N–H and O–H groups in total. The van der Waals surface area contributed by atoms with Gasteiger partial charge in [0.05, 0.1) is 7.11 Å². The summed E-state index contributed by atoms with van der Waals surface area (Å²) in [6.07, 6.45) is 0. The van der Waals surface area contributed by atoms with Crippen LogP contribution < -0.4 is 0 Å². The summed E-state index contributed by atoms with van der Waals surface area (Å²) in [4.78, 5) is 22.3. The zero-order chi connectivity index (χ0) is 12.3. The summed E-state index contributed by atoms with van der Waals surface area (Å²) in [6.45, 7) is 0. The lowest BCUT2D eigenvalue weighted by molar-refractivity contribution is -0.151. The van der Waals surface area contributed by atoms with Crippen LogP contribution in [0.1, 0.15) is 10.9 Å². The van der Waals surface area contributed by atoms with Crippen molar-refractivity contribution in [3.63, 3.8) is 0 Å². The molecule has 0 amide bonds. The smallest absolute Gasteiger partial charge is 0.376 e. The van der Waals surface area contributed by atoms with Crippen molar-refractivity contribution in [1.29, 1.82) is 0 Å². The van der Waals surface area contributed by atoms with Gasteiger partial charge < -0.3 is 4.74 Å². The van der Waals surface area contributed by atoms with E-state index in [0.717, 1.165) is 19.2 Å². The van der Waals surface area contributed by atoms with Gasteiger partial charge in [0.1, 0.15) is 11.2 Å². The third-order valence-electron chi connectivity index (χ3n) is 1.85. The number of Topliss-reactive ketones (excluding diaryl/α,β-unsaturated/α-hetero) is 1. The van der Waals surface area contributed by atoms with Crippen molar-refractivity contribution >= 4 is 39.3 Å². The molecule has 0 radical (unpaired) electrons. The van der Waals surface area contributed by atoms with E-state index >= 15 is 0 Å². The fraction of sp³-hybridized carbons (Fsp3) is 0.200. The highest BCUT2D eigenvalue weighted by atomic mass is 79.9. The van der Waals surface area contributed by atoms with E-state index in [2.05, 4.69) is 20.7 Å². The monoisotopic (exact) mass is 308 g/mol. The standard InChI is InChI=1S/C10H7BrClFO3/c1-16-10(15)9(14)8(12)6-3-2-5(13)4-7(6)11/h2-4,8H,1H3. The summed E-state index contributed by atoms with van der Waals surface area (Å²) in [7, 11) is 1.09. The number of alkyl halides is 1. The molecule has 0 saturated carbocycles. The van der Waals surface area contributed by atoms with Gasteiger partial charge in [-0.3, -0.25) is 4.79 Å². The molecule has 0 fully saturated rings. The van der Waals surface area contributed by atoms with Crippen molar-refractivity contribution in [2.75, 3.05) is 7.11 Å². The zero-order valence-corrected chi connectivity index (χ0v) is 10.5. The molecule has 0 spiro atoms. The Bertz CT molecular complexity index is 436. The van der Waals surface area contributed by atoms with Crippen LogP contribution >= 0.6 is 27.5 Å². The van der Waals surface area contributed by atoms with E-state index in [1.807, 2.05) is 0 Å². The average Bonchev–Trinajstić information content (AvgIpc) is 2.26. The number of hydrogen-bond donors (Lipinski definition) is 0. The number of hydrogen-bond acceptors (Lipinski definition) is 3. The van der Waals surface area contributed by atoms with E-state index < -0.39 is 22.9 Å². The molecular weight excluding hydrogens is 302 g/mol. The van der Waals surface area contributed by atoms with Crippen LogP contribution in [0.15, 0.2) is 22.7 Å². The van der Waals surface area contributed by atoms with Crippen LogP contribution in [0.25, 0.3) is 0 Å². The van der Waals surface area contributed by atoms with Crippen LogP contribution in [0.3, 0.4) is 0 Å². The second-order valence-electron chi connectivity index (χ2n) is 2.88. The minimum atomic E-state index is -1.19. The highest BCUT2D eigenvalue weighted by molar-refractivity contribution is 9.10. The molecule has 1 rings (SSSR count). The molecule has 0 bridgehead atoms. The lowest BCUT2D eigenvalue weighted by Crippen LogP contribution is -2.20. The summed E-state index contributed by atoms with van der Waals surface area (Å²) in [5.41, 5.74) is 0.318. The molecule has 16 heavy (non-hydrogen) atoms. The number of esters is 1. The zero-order valence-electron chi connectivity index (χ0n) is 8.17. The number of ether oxygens (including phenoxy) is 1. The fourth-order valence-electron chi connectivity index (χ4n) is 1.05. The quantitative estimate of drug-likeness (QED) is 0.490. The molecule has 1 aromatic rings. The summed E-state index contributed by atoms with van der Waals surface area (Å²) in [5, 5.41) is -1.19. The maximum Gasteiger partial charge on any atom is 0.376 e. The molecule has 6 heteroatoms. The number of halogens is 3. The maximum atomic E-state index is 12.8. The predicted octanol–water partition coefficient (Wildman–Crippen LogP) is 2.61. The maximum absolute atomic E-state index is 12.8. The van der Waals surface area contributed by atoms with Gasteiger partial charge in [-0.2, -0.15) is 0 Å². The first-order valence-corrected chi connectivity index (χ1v) is 5.41. The highest BCUT2D eigenvalue weighted by Gasteiger charge is 2.27. The van der Waals surface area contributed by atoms with Crippen LogP contribution in [-0.4, -0.2) is 18.9 Å². The Hall–Kier alpha value is -0.940. The Balaban J connectivity index is 3.01. The van der Waals surface area contributed by atoms with Gasteiger partial charge in [0.2, 0.25) is 0 Å². The molecular formula is C10H7BrClFO3. The molecule has 0 heterocycles. The van der Waals surface area contributed by atoms with Crippen molar-refractivity contribution in [2.24, 2.45) is 0 Å². The highest BCUT2D eigenvalue weighted by Crippen LogP contribution is 2.29. The van der Waals surface area contributed by atoms with Crippen LogP contribution in [-0.2, 0) is 14.3 Å². The van der Waals surface area contributed by atoms with Crippen molar-refractivity contribution in [2.45, 2.75) is 5.38 Å². The summed E-state index contributed by atoms with van der Waals surface area (Å²) in [5.74, 6) is -2.39. The Morgan fingerprint density at radius 3 is 2.62 bits per heavy atom. The van der Waals surface area contributed by atoms with E-state index in [4.69, 9.17) is 11.6 Å². The van der Waals surface area contributed by atoms with Crippen LogP contribution in [0.5, 0.6) is 0 Å². The summed E-state index contributed by atoms with van der Waals surface area (Å²) < 4.78 is 17.4. The molecule has 1 aromatic carbocycles. The van der Waals surface area contributed by atoms with E-state index in [9.17, 15) is 14.0 Å². The molecule has 86 valence electrons. The third kappa shape index (κ3) is 2.80. The molecule has 0 aliphatic rings. The predicted molar refractivity (Wildman–Crippen MR) is 59.7 cm³/mol. The molecule has 0 saturated heterocycles. The van der Waals surface area contributed by atoms with Crippen LogP contribution in [0.4, 0.5) is 4.39 Å². The largest absolute Gasteiger partial charge is 0.463 e. The number of rotatable bonds is 3. The number of ketones is 1. The van der Waals surface area contributed by atoms with E-state index in [1.165, 1.54) is 6.07 Å². The van der Waals surface area contributed by atoms with Crippen molar-refractivity contribution < 1.29 is 18.7 Å². The minimum absolute atomic E-state index is 0.318. The molecule has 0 aromatic heterocycles. The van der Waals surface area contributed by atoms with Crippen molar-refractivity contribution in [3.05, 3.63) is 34.1 Å². The van der Waals surface area contributed by atoms with E-state index in [-0.39, 0.29) is 0 Å². The third-order valence-corrected chi connectivity index (χ3v) is 2.97. The minimum Gasteiger partial charge on any atom is -0.463 e. The first-order valence-electron chi connectivity index (χ1n) is 4.18. The summed E-state index contributed by atoms with van der Waals surface area (Å²) in [6, 6.07) is 3.65. The molecule has 0 aliphatic heterocycles. The van der Waals surface area contributed by atoms with Crippen molar-refractivity contribution in [1.82, 2.24) is 0 Å². The van der Waals surface area contributed by atoms with Gasteiger partial charge in [0.25, 0.3) is 5.78 Å². The van der Waals surface area contributed by atoms with Gasteiger partial charge in [-0.05, 0) is 17.7 Å². The number of methoxy groups -OCH3 is 1. The Kier molecular flexibility index (Phi) is 4.44. The lowest BCUT2D eigenvalue weighted by Gasteiger charge is -2.09. The average molecular weight is 310 g/mol. The van der Waals surface area contributed by atoms with Gasteiger partial charge in [-0.25, -0.2) is 9.18 Å². The Labute approximate surface area is 105 Å². The second kappa shape index (κ2) is 5.41. The number of benzene rings is 1. The first-order chi connectivity index (χ1) is 7.47. The van der Waals surface area contributed by atoms with Gasteiger partial charge in [0, 0.05) is 4.47 Å². The second-order valence-corrected chi connectivity index (χ2v) is 4.17. The summed E-state index contributed by atoms with van der Waals surface area (Å²) >= 11 is 8.84. The SMILES string of the molecule is COC(=O)C(=O)C(Cl)c1ccc(F)cc1Br. The lowest BCUT2D eigenvalue weighted by atomic mass is 10.1. The first kappa shape index (κ1) is 13.1. The Morgan fingerprint density at radius 2 is 2.12 bits per heavy atom. The number of carbonyl (C=O) groups excluding carboxylic acids is 2. The molecule has 1 atom stereocenters. The van der Waals surface area contributed by atoms with E-state index in [1.54, 1.807) is 0 Å². The Morgan fingerprint density at radius 1 is 1.50 bits per heavy atom. The normalized spacial score (nSPS) is 12.0. The van der Waals surface area contributed by atoms with Crippen LogP contribution in [0.2, 0.25) is 0 Å². The van der Waals surface area contributed by atoms with Crippen LogP contribution in [0, 0.1) is 5.82 Å². The van der Waals surface area contributed by atoms with Gasteiger partial charge in [-0.15, -0.1) is 11.6 Å². The fourth-order valence-corrected chi connectivity index (χ4v) is 2.04. The van der Waals surface area contributed by atoms with Gasteiger partial charge in [0.15, 0.2) is 0 Å². The van der Waals surface area contributed by atoms with Crippen molar-refractivity contribution in [3.8, 4) is 0 Å². The molecule has 0 aliphatic carbocycles. The van der Waals surface area contributed by atoms with Gasteiger partial charge >= 0.3 is 5.97 Å². The number of carbonyl (C=O) groups is 2. The molecule has 3 nitrogen and oxygen atoms in total. The molecule has 1 unspecified atom stereocenters. The van der Waals surface area contributed by atoms with E-state index in [0.29, 0.717) is 10.0 Å².